The zero-order chi connectivity index (χ0) is 22.2. The minimum Gasteiger partial charge on any atom is -0.488 e. The predicted molar refractivity (Wildman–Crippen MR) is 117 cm³/mol. The molecule has 0 atom stereocenters. The number of hydrogen-bond donors (Lipinski definition) is 1. The summed E-state index contributed by atoms with van der Waals surface area (Å²) in [5.74, 6) is -0.0752. The lowest BCUT2D eigenvalue weighted by Crippen LogP contribution is -2.19. The standard InChI is InChI=1S/C22H17BrFN3O4/c23-20-11-17(13-25-26-22(28)12-15-1-6-18(24)7-2-15)5-10-21(20)31-14-16-3-8-19(9-4-16)27(29)30/h1-11,13H,12,14H2,(H,26,28)/b25-13+. The van der Waals surface area contributed by atoms with Crippen molar-refractivity contribution in [3.8, 4) is 5.75 Å². The second-order valence-corrected chi connectivity index (χ2v) is 7.35. The Morgan fingerprint density at radius 3 is 2.42 bits per heavy atom. The van der Waals surface area contributed by atoms with Crippen molar-refractivity contribution in [1.82, 2.24) is 5.43 Å². The molecule has 31 heavy (non-hydrogen) atoms. The smallest absolute Gasteiger partial charge is 0.269 e. The molecule has 0 aromatic heterocycles. The van der Waals surface area contributed by atoms with Gasteiger partial charge in [0.15, 0.2) is 0 Å². The number of nitro benzene ring substituents is 1. The molecule has 158 valence electrons. The number of carbonyl (C=O) groups excluding carboxylic acids is 1. The number of benzene rings is 3. The van der Waals surface area contributed by atoms with Gasteiger partial charge in [0.05, 0.1) is 22.0 Å². The molecule has 0 spiro atoms. The molecule has 7 nitrogen and oxygen atoms in total. The van der Waals surface area contributed by atoms with Crippen LogP contribution in [0.15, 0.2) is 76.3 Å². The fourth-order valence-corrected chi connectivity index (χ4v) is 3.11. The van der Waals surface area contributed by atoms with Crippen LogP contribution >= 0.6 is 15.9 Å². The lowest BCUT2D eigenvalue weighted by molar-refractivity contribution is -0.384. The number of rotatable bonds is 8. The summed E-state index contributed by atoms with van der Waals surface area (Å²) in [7, 11) is 0. The van der Waals surface area contributed by atoms with E-state index in [0.29, 0.717) is 15.8 Å². The topological polar surface area (TPSA) is 93.8 Å². The molecule has 0 heterocycles. The molecule has 0 aliphatic carbocycles. The first kappa shape index (κ1) is 22.1. The van der Waals surface area contributed by atoms with Gasteiger partial charge in [-0.25, -0.2) is 9.82 Å². The molecule has 3 aromatic carbocycles. The number of carbonyl (C=O) groups is 1. The Balaban J connectivity index is 1.51. The summed E-state index contributed by atoms with van der Waals surface area (Å²) >= 11 is 3.43. The number of hydrazone groups is 1. The van der Waals surface area contributed by atoms with Crippen LogP contribution < -0.4 is 10.2 Å². The van der Waals surface area contributed by atoms with E-state index < -0.39 is 4.92 Å². The van der Waals surface area contributed by atoms with Crippen LogP contribution in [0, 0.1) is 15.9 Å². The third-order valence-electron chi connectivity index (χ3n) is 4.18. The highest BCUT2D eigenvalue weighted by atomic mass is 79.9. The van der Waals surface area contributed by atoms with Crippen molar-refractivity contribution >= 4 is 33.7 Å². The van der Waals surface area contributed by atoms with E-state index in [1.165, 1.54) is 30.5 Å². The monoisotopic (exact) mass is 485 g/mol. The molecule has 0 aliphatic rings. The van der Waals surface area contributed by atoms with Gasteiger partial charge in [-0.1, -0.05) is 12.1 Å². The summed E-state index contributed by atoms with van der Waals surface area (Å²) in [5.41, 5.74) is 4.67. The molecular weight excluding hydrogens is 469 g/mol. The molecule has 0 radical (unpaired) electrons. The first-order valence-corrected chi connectivity index (χ1v) is 9.92. The molecule has 3 rings (SSSR count). The highest BCUT2D eigenvalue weighted by Gasteiger charge is 2.06. The van der Waals surface area contributed by atoms with Crippen molar-refractivity contribution in [2.75, 3.05) is 0 Å². The zero-order valence-corrected chi connectivity index (χ0v) is 17.7. The van der Waals surface area contributed by atoms with Crippen molar-refractivity contribution in [3.63, 3.8) is 0 Å². The van der Waals surface area contributed by atoms with Gasteiger partial charge in [-0.05, 0) is 75.1 Å². The summed E-state index contributed by atoms with van der Waals surface area (Å²) in [4.78, 5) is 22.1. The van der Waals surface area contributed by atoms with Gasteiger partial charge in [0.1, 0.15) is 18.2 Å². The number of amides is 1. The summed E-state index contributed by atoms with van der Waals surface area (Å²) in [6.07, 6.45) is 1.59. The number of halogens is 2. The average Bonchev–Trinajstić information content (AvgIpc) is 2.75. The van der Waals surface area contributed by atoms with Crippen LogP contribution in [0.1, 0.15) is 16.7 Å². The van der Waals surface area contributed by atoms with Gasteiger partial charge in [0, 0.05) is 12.1 Å². The maximum absolute atomic E-state index is 12.9. The molecule has 0 aliphatic heterocycles. The zero-order valence-electron chi connectivity index (χ0n) is 16.1. The molecule has 1 N–H and O–H groups in total. The second kappa shape index (κ2) is 10.4. The highest BCUT2D eigenvalue weighted by molar-refractivity contribution is 9.10. The van der Waals surface area contributed by atoms with Crippen molar-refractivity contribution in [2.45, 2.75) is 13.0 Å². The Morgan fingerprint density at radius 2 is 1.77 bits per heavy atom. The van der Waals surface area contributed by atoms with E-state index in [-0.39, 0.29) is 30.4 Å². The average molecular weight is 486 g/mol. The molecule has 0 saturated heterocycles. The van der Waals surface area contributed by atoms with Crippen LogP contribution in [-0.2, 0) is 17.8 Å². The number of nitro groups is 1. The Morgan fingerprint density at radius 1 is 1.10 bits per heavy atom. The van der Waals surface area contributed by atoms with Crippen LogP contribution in [0.5, 0.6) is 5.75 Å². The Hall–Kier alpha value is -3.59. The summed E-state index contributed by atoms with van der Waals surface area (Å²) in [6.45, 7) is 0.253. The van der Waals surface area contributed by atoms with E-state index in [4.69, 9.17) is 4.74 Å². The van der Waals surface area contributed by atoms with Crippen molar-refractivity contribution in [1.29, 1.82) is 0 Å². The molecule has 0 fully saturated rings. The predicted octanol–water partition coefficient (Wildman–Crippen LogP) is 4.77. The molecule has 0 saturated carbocycles. The number of ether oxygens (including phenoxy) is 1. The van der Waals surface area contributed by atoms with Gasteiger partial charge in [0.2, 0.25) is 5.91 Å². The molecule has 3 aromatic rings. The highest BCUT2D eigenvalue weighted by Crippen LogP contribution is 2.26. The lowest BCUT2D eigenvalue weighted by atomic mass is 10.1. The van der Waals surface area contributed by atoms with E-state index in [0.717, 1.165) is 11.1 Å². The van der Waals surface area contributed by atoms with E-state index in [2.05, 4.69) is 26.5 Å². The quantitative estimate of drug-likeness (QED) is 0.282. The second-order valence-electron chi connectivity index (χ2n) is 6.50. The van der Waals surface area contributed by atoms with Crippen LogP contribution in [0.4, 0.5) is 10.1 Å². The van der Waals surface area contributed by atoms with E-state index in [1.54, 1.807) is 42.5 Å². The first-order valence-electron chi connectivity index (χ1n) is 9.13. The Bertz CT molecular complexity index is 1100. The molecule has 1 amide bonds. The molecule has 0 bridgehead atoms. The van der Waals surface area contributed by atoms with Gasteiger partial charge in [-0.3, -0.25) is 14.9 Å². The number of non-ortho nitro benzene ring substituents is 1. The van der Waals surface area contributed by atoms with Gasteiger partial charge < -0.3 is 4.74 Å². The minimum absolute atomic E-state index is 0.0262. The first-order chi connectivity index (χ1) is 14.9. The maximum Gasteiger partial charge on any atom is 0.269 e. The lowest BCUT2D eigenvalue weighted by Gasteiger charge is -2.09. The van der Waals surface area contributed by atoms with Crippen LogP contribution in [0.3, 0.4) is 0 Å². The van der Waals surface area contributed by atoms with Crippen molar-refractivity contribution in [2.24, 2.45) is 5.10 Å². The normalized spacial score (nSPS) is 10.8. The van der Waals surface area contributed by atoms with Gasteiger partial charge in [0.25, 0.3) is 5.69 Å². The largest absolute Gasteiger partial charge is 0.488 e. The van der Waals surface area contributed by atoms with Crippen LogP contribution in [0.25, 0.3) is 0 Å². The Kier molecular flexibility index (Phi) is 7.45. The third-order valence-corrected chi connectivity index (χ3v) is 4.80. The molecular formula is C22H17BrFN3O4. The molecule has 9 heteroatoms. The van der Waals surface area contributed by atoms with Gasteiger partial charge >= 0.3 is 0 Å². The fourth-order valence-electron chi connectivity index (χ4n) is 2.60. The van der Waals surface area contributed by atoms with Crippen molar-refractivity contribution in [3.05, 3.63) is 104 Å². The third kappa shape index (κ3) is 6.71. The van der Waals surface area contributed by atoms with E-state index in [1.807, 2.05) is 0 Å². The Labute approximate surface area is 185 Å². The molecule has 0 unspecified atom stereocenters. The SMILES string of the molecule is O=C(Cc1ccc(F)cc1)N/N=C/c1ccc(OCc2ccc([N+](=O)[O-])cc2)c(Br)c1. The minimum atomic E-state index is -0.452. The number of hydrogen-bond acceptors (Lipinski definition) is 5. The summed E-state index contributed by atoms with van der Waals surface area (Å²) < 4.78 is 19.3. The van der Waals surface area contributed by atoms with E-state index >= 15 is 0 Å². The number of nitrogens with one attached hydrogen (secondary N) is 1. The van der Waals surface area contributed by atoms with Gasteiger partial charge in [-0.2, -0.15) is 5.10 Å². The summed E-state index contributed by atoms with van der Waals surface area (Å²) in [5, 5.41) is 14.6. The van der Waals surface area contributed by atoms with Crippen LogP contribution in [-0.4, -0.2) is 17.0 Å². The number of nitrogens with zero attached hydrogens (tertiary/aromatic N) is 2. The van der Waals surface area contributed by atoms with E-state index in [9.17, 15) is 19.3 Å². The fraction of sp³-hybridized carbons (Fsp3) is 0.0909. The van der Waals surface area contributed by atoms with Crippen molar-refractivity contribution < 1.29 is 18.8 Å². The van der Waals surface area contributed by atoms with Gasteiger partial charge in [-0.15, -0.1) is 0 Å². The maximum atomic E-state index is 12.9. The van der Waals surface area contributed by atoms with Crippen LogP contribution in [0.2, 0.25) is 0 Å². The summed E-state index contributed by atoms with van der Waals surface area (Å²) in [6, 6.07) is 17.1.